The van der Waals surface area contributed by atoms with E-state index in [1.165, 1.54) is 31.2 Å². The lowest BCUT2D eigenvalue weighted by molar-refractivity contribution is 0.0719. The van der Waals surface area contributed by atoms with Gasteiger partial charge in [0.05, 0.1) is 0 Å². The monoisotopic (exact) mass is 250 g/mol. The van der Waals surface area contributed by atoms with Gasteiger partial charge in [-0.2, -0.15) is 11.3 Å². The summed E-state index contributed by atoms with van der Waals surface area (Å²) in [7, 11) is 0. The molecule has 1 aromatic rings. The zero-order valence-electron chi connectivity index (χ0n) is 10.6. The van der Waals surface area contributed by atoms with Crippen LogP contribution in [-0.4, -0.2) is 23.0 Å². The largest absolute Gasteiger partial charge is 0.329 e. The highest BCUT2D eigenvalue weighted by molar-refractivity contribution is 7.07. The first-order valence-electron chi connectivity index (χ1n) is 6.72. The second-order valence-corrected chi connectivity index (χ2v) is 6.61. The summed E-state index contributed by atoms with van der Waals surface area (Å²) >= 11 is 1.80. The minimum atomic E-state index is 0.239. The fourth-order valence-corrected chi connectivity index (χ4v) is 3.58. The summed E-state index contributed by atoms with van der Waals surface area (Å²) in [6.07, 6.45) is 5.49. The van der Waals surface area contributed by atoms with E-state index in [0.29, 0.717) is 0 Å². The summed E-state index contributed by atoms with van der Waals surface area (Å²) in [5.74, 6) is 0.840. The van der Waals surface area contributed by atoms with Gasteiger partial charge in [0.25, 0.3) is 0 Å². The highest BCUT2D eigenvalue weighted by Crippen LogP contribution is 2.46. The molecule has 0 aromatic carbocycles. The fraction of sp³-hybridized carbons (Fsp3) is 0.714. The topological polar surface area (TPSA) is 29.3 Å². The Morgan fingerprint density at radius 2 is 2.18 bits per heavy atom. The van der Waals surface area contributed by atoms with Gasteiger partial charge in [-0.1, -0.05) is 0 Å². The molecule has 3 rings (SSSR count). The number of hydrogen-bond acceptors (Lipinski definition) is 3. The van der Waals surface area contributed by atoms with Gasteiger partial charge in [0, 0.05) is 24.7 Å². The number of nitrogens with zero attached hydrogens (tertiary/aromatic N) is 1. The molecule has 3 heteroatoms. The molecule has 1 aromatic heterocycles. The van der Waals surface area contributed by atoms with Crippen molar-refractivity contribution in [1.29, 1.82) is 0 Å². The van der Waals surface area contributed by atoms with Gasteiger partial charge in [-0.15, -0.1) is 0 Å². The lowest BCUT2D eigenvalue weighted by Gasteiger charge is -2.41. The van der Waals surface area contributed by atoms with Crippen molar-refractivity contribution in [3.8, 4) is 0 Å². The zero-order valence-corrected chi connectivity index (χ0v) is 11.4. The molecule has 2 aliphatic carbocycles. The molecule has 1 heterocycles. The van der Waals surface area contributed by atoms with Gasteiger partial charge < -0.3 is 5.73 Å². The molecule has 0 radical (unpaired) electrons. The third-order valence-corrected chi connectivity index (χ3v) is 5.18. The van der Waals surface area contributed by atoms with Crippen molar-refractivity contribution >= 4 is 11.3 Å². The Hall–Kier alpha value is -0.380. The van der Waals surface area contributed by atoms with E-state index in [-0.39, 0.29) is 5.54 Å². The average molecular weight is 250 g/mol. The van der Waals surface area contributed by atoms with E-state index in [9.17, 15) is 0 Å². The first-order valence-corrected chi connectivity index (χ1v) is 7.66. The molecule has 1 atom stereocenters. The minimum Gasteiger partial charge on any atom is -0.329 e. The molecule has 2 N–H and O–H groups in total. The van der Waals surface area contributed by atoms with Gasteiger partial charge in [-0.05, 0) is 60.9 Å². The van der Waals surface area contributed by atoms with E-state index in [4.69, 9.17) is 5.73 Å². The Labute approximate surface area is 108 Å². The number of rotatable bonds is 6. The minimum absolute atomic E-state index is 0.239. The summed E-state index contributed by atoms with van der Waals surface area (Å²) in [6, 6.07) is 3.05. The van der Waals surface area contributed by atoms with Crippen LogP contribution in [0, 0.1) is 5.92 Å². The molecule has 2 fully saturated rings. The molecular weight excluding hydrogens is 228 g/mol. The van der Waals surface area contributed by atoms with Crippen molar-refractivity contribution in [2.45, 2.75) is 50.7 Å². The quantitative estimate of drug-likeness (QED) is 0.841. The van der Waals surface area contributed by atoms with Crippen molar-refractivity contribution in [1.82, 2.24) is 4.90 Å². The van der Waals surface area contributed by atoms with Crippen molar-refractivity contribution in [3.05, 3.63) is 22.4 Å². The molecule has 0 bridgehead atoms. The Kier molecular flexibility index (Phi) is 3.01. The van der Waals surface area contributed by atoms with Crippen LogP contribution < -0.4 is 5.73 Å². The lowest BCUT2D eigenvalue weighted by Crippen LogP contribution is -2.54. The van der Waals surface area contributed by atoms with Crippen molar-refractivity contribution in [3.63, 3.8) is 0 Å². The molecule has 0 spiro atoms. The van der Waals surface area contributed by atoms with Gasteiger partial charge >= 0.3 is 0 Å². The van der Waals surface area contributed by atoms with E-state index in [1.807, 2.05) is 0 Å². The molecule has 94 valence electrons. The maximum absolute atomic E-state index is 6.10. The van der Waals surface area contributed by atoms with Crippen LogP contribution in [0.3, 0.4) is 0 Å². The Morgan fingerprint density at radius 3 is 2.65 bits per heavy atom. The smallest absolute Gasteiger partial charge is 0.0338 e. The van der Waals surface area contributed by atoms with Crippen LogP contribution in [0.25, 0.3) is 0 Å². The average Bonchev–Trinajstić information content (AvgIpc) is 3.24. The van der Waals surface area contributed by atoms with Crippen LogP contribution in [0.15, 0.2) is 16.8 Å². The lowest BCUT2D eigenvalue weighted by atomic mass is 9.92. The van der Waals surface area contributed by atoms with Crippen molar-refractivity contribution in [2.75, 3.05) is 6.54 Å². The third kappa shape index (κ3) is 2.28. The Bertz CT molecular complexity index is 368. The maximum Gasteiger partial charge on any atom is 0.0338 e. The number of nitrogens with two attached hydrogens (primary N) is 1. The first-order chi connectivity index (χ1) is 8.24. The summed E-state index contributed by atoms with van der Waals surface area (Å²) in [5, 5.41) is 4.45. The van der Waals surface area contributed by atoms with E-state index in [1.54, 1.807) is 11.3 Å². The van der Waals surface area contributed by atoms with E-state index < -0.39 is 0 Å². The van der Waals surface area contributed by atoms with E-state index in [2.05, 4.69) is 28.7 Å². The van der Waals surface area contributed by atoms with E-state index >= 15 is 0 Å². The van der Waals surface area contributed by atoms with Crippen LogP contribution in [0.2, 0.25) is 0 Å². The molecule has 0 saturated heterocycles. The molecule has 0 aliphatic heterocycles. The summed E-state index contributed by atoms with van der Waals surface area (Å²) < 4.78 is 0. The van der Waals surface area contributed by atoms with Crippen LogP contribution in [-0.2, 0) is 6.54 Å². The van der Waals surface area contributed by atoms with Crippen molar-refractivity contribution < 1.29 is 0 Å². The second kappa shape index (κ2) is 4.38. The van der Waals surface area contributed by atoms with Crippen LogP contribution >= 0.6 is 11.3 Å². The summed E-state index contributed by atoms with van der Waals surface area (Å²) in [6.45, 7) is 4.28. The summed E-state index contributed by atoms with van der Waals surface area (Å²) in [4.78, 5) is 2.70. The van der Waals surface area contributed by atoms with Gasteiger partial charge in [-0.3, -0.25) is 4.90 Å². The van der Waals surface area contributed by atoms with Gasteiger partial charge in [-0.25, -0.2) is 0 Å². The highest BCUT2D eigenvalue weighted by atomic mass is 32.1. The SMILES string of the molecule is CC(CN)(C1CC1)N(Cc1ccsc1)C1CC1. The van der Waals surface area contributed by atoms with Gasteiger partial charge in [0.15, 0.2) is 0 Å². The molecule has 17 heavy (non-hydrogen) atoms. The summed E-state index contributed by atoms with van der Waals surface area (Å²) in [5.41, 5.74) is 7.80. The molecule has 2 aliphatic rings. The molecule has 0 amide bonds. The number of thiophene rings is 1. The van der Waals surface area contributed by atoms with Gasteiger partial charge in [0.1, 0.15) is 0 Å². The number of hydrogen-bond donors (Lipinski definition) is 1. The normalized spacial score (nSPS) is 23.9. The van der Waals surface area contributed by atoms with Crippen LogP contribution in [0.5, 0.6) is 0 Å². The Morgan fingerprint density at radius 1 is 1.41 bits per heavy atom. The maximum atomic E-state index is 6.10. The van der Waals surface area contributed by atoms with Gasteiger partial charge in [0.2, 0.25) is 0 Å². The van der Waals surface area contributed by atoms with Crippen LogP contribution in [0.4, 0.5) is 0 Å². The predicted molar refractivity (Wildman–Crippen MR) is 73.1 cm³/mol. The first kappa shape index (κ1) is 11.7. The standard InChI is InChI=1S/C14H22N2S/c1-14(10-15,12-2-3-12)16(13-4-5-13)8-11-6-7-17-9-11/h6-7,9,12-13H,2-5,8,10,15H2,1H3. The van der Waals surface area contributed by atoms with E-state index in [0.717, 1.165) is 25.0 Å². The highest BCUT2D eigenvalue weighted by Gasteiger charge is 2.48. The van der Waals surface area contributed by atoms with Crippen LogP contribution in [0.1, 0.15) is 38.2 Å². The Balaban J connectivity index is 1.78. The zero-order chi connectivity index (χ0) is 11.9. The molecule has 2 nitrogen and oxygen atoms in total. The second-order valence-electron chi connectivity index (χ2n) is 5.83. The molecule has 2 saturated carbocycles. The molecule has 1 unspecified atom stereocenters. The van der Waals surface area contributed by atoms with Crippen molar-refractivity contribution in [2.24, 2.45) is 11.7 Å². The predicted octanol–water partition coefficient (Wildman–Crippen LogP) is 2.84. The third-order valence-electron chi connectivity index (χ3n) is 4.45. The fourth-order valence-electron chi connectivity index (χ4n) is 2.92. The molecular formula is C14H22N2S.